The Morgan fingerprint density at radius 1 is 1.11 bits per heavy atom. The van der Waals surface area contributed by atoms with Gasteiger partial charge in [-0.15, -0.1) is 0 Å². The summed E-state index contributed by atoms with van der Waals surface area (Å²) in [4.78, 5) is 46.3. The summed E-state index contributed by atoms with van der Waals surface area (Å²) in [5.41, 5.74) is 2.68. The Labute approximate surface area is 267 Å². The molecule has 0 spiro atoms. The van der Waals surface area contributed by atoms with Crippen LogP contribution in [0.2, 0.25) is 0 Å². The van der Waals surface area contributed by atoms with Crippen LogP contribution in [0.5, 0.6) is 0 Å². The first kappa shape index (κ1) is 31.3. The number of rotatable bonds is 6. The third kappa shape index (κ3) is 6.48. The molecule has 0 bridgehead atoms. The molecule has 46 heavy (non-hydrogen) atoms. The fourth-order valence-electron chi connectivity index (χ4n) is 6.22. The van der Waals surface area contributed by atoms with Gasteiger partial charge in [0.15, 0.2) is 0 Å². The highest BCUT2D eigenvalue weighted by Crippen LogP contribution is 2.38. The Hall–Kier alpha value is -4.71. The Morgan fingerprint density at radius 2 is 1.85 bits per heavy atom. The number of benzene rings is 2. The third-order valence-corrected chi connectivity index (χ3v) is 8.75. The number of aryl methyl sites for hydroxylation is 1. The van der Waals surface area contributed by atoms with Crippen molar-refractivity contribution in [3.05, 3.63) is 88.1 Å². The molecule has 4 aromatic rings. The Balaban J connectivity index is 1.12. The summed E-state index contributed by atoms with van der Waals surface area (Å²) in [5, 5.41) is 15.8. The van der Waals surface area contributed by atoms with Crippen molar-refractivity contribution < 1.29 is 24.2 Å². The average molecular weight is 629 g/mol. The molecule has 1 unspecified atom stereocenters. The van der Waals surface area contributed by atoms with Crippen molar-refractivity contribution in [2.75, 3.05) is 20.1 Å². The maximum Gasteiger partial charge on any atom is 0.410 e. The quantitative estimate of drug-likeness (QED) is 0.329. The topological polar surface area (TPSA) is 132 Å². The largest absolute Gasteiger partial charge is 0.445 e. The van der Waals surface area contributed by atoms with Crippen molar-refractivity contribution in [2.24, 2.45) is 0 Å². The van der Waals surface area contributed by atoms with E-state index < -0.39 is 17.3 Å². The van der Waals surface area contributed by atoms with Gasteiger partial charge in [0.1, 0.15) is 18.5 Å². The van der Waals surface area contributed by atoms with Crippen molar-refractivity contribution in [3.63, 3.8) is 0 Å². The van der Waals surface area contributed by atoms with Crippen LogP contribution in [0, 0.1) is 0 Å². The summed E-state index contributed by atoms with van der Waals surface area (Å²) in [5.74, 6) is 0. The fourth-order valence-corrected chi connectivity index (χ4v) is 6.22. The number of likely N-dealkylation sites (tertiary alicyclic amines) is 1. The highest BCUT2D eigenvalue weighted by atomic mass is 16.6. The molecule has 1 saturated heterocycles. The highest BCUT2D eigenvalue weighted by Gasteiger charge is 2.36. The molecule has 1 aliphatic carbocycles. The van der Waals surface area contributed by atoms with Gasteiger partial charge in [-0.05, 0) is 69.2 Å². The molecular formula is C34H40N6O6. The van der Waals surface area contributed by atoms with Crippen LogP contribution in [-0.4, -0.2) is 77.6 Å². The molecule has 242 valence electrons. The molecule has 2 aliphatic rings. The zero-order valence-corrected chi connectivity index (χ0v) is 26.7. The maximum atomic E-state index is 13.4. The highest BCUT2D eigenvalue weighted by molar-refractivity contribution is 5.70. The molecule has 12 nitrogen and oxygen atoms in total. The first-order valence-corrected chi connectivity index (χ1v) is 15.6. The lowest BCUT2D eigenvalue weighted by Crippen LogP contribution is -2.49. The van der Waals surface area contributed by atoms with Crippen LogP contribution in [-0.2, 0) is 29.0 Å². The van der Waals surface area contributed by atoms with Gasteiger partial charge >= 0.3 is 12.2 Å². The molecule has 1 fully saturated rings. The van der Waals surface area contributed by atoms with Crippen molar-refractivity contribution in [1.29, 1.82) is 0 Å². The van der Waals surface area contributed by atoms with Gasteiger partial charge in [-0.3, -0.25) is 9.36 Å². The van der Waals surface area contributed by atoms with E-state index in [2.05, 4.69) is 16.1 Å². The summed E-state index contributed by atoms with van der Waals surface area (Å²) < 4.78 is 13.9. The van der Waals surface area contributed by atoms with Gasteiger partial charge in [0.25, 0.3) is 5.56 Å². The zero-order chi connectivity index (χ0) is 32.6. The predicted octanol–water partition coefficient (Wildman–Crippen LogP) is 4.58. The van der Waals surface area contributed by atoms with Crippen LogP contribution in [0.15, 0.2) is 65.8 Å². The van der Waals surface area contributed by atoms with Crippen LogP contribution >= 0.6 is 0 Å². The molecule has 0 saturated carbocycles. The smallest absolute Gasteiger partial charge is 0.410 e. The van der Waals surface area contributed by atoms with E-state index in [0.717, 1.165) is 35.1 Å². The van der Waals surface area contributed by atoms with Gasteiger partial charge in [0.2, 0.25) is 5.65 Å². The summed E-state index contributed by atoms with van der Waals surface area (Å²) in [6, 6.07) is 15.4. The molecule has 1 atom stereocenters. The normalized spacial score (nSPS) is 17.5. The van der Waals surface area contributed by atoms with Crippen LogP contribution in [0.25, 0.3) is 16.9 Å². The van der Waals surface area contributed by atoms with Crippen molar-refractivity contribution in [3.8, 4) is 11.3 Å². The molecule has 2 amide bonds. The van der Waals surface area contributed by atoms with Crippen molar-refractivity contribution in [1.82, 2.24) is 29.0 Å². The number of aromatic nitrogens is 4. The summed E-state index contributed by atoms with van der Waals surface area (Å²) in [6.45, 7) is 6.41. The van der Waals surface area contributed by atoms with E-state index in [-0.39, 0.29) is 36.5 Å². The minimum absolute atomic E-state index is 0.0375. The number of nitrogens with zero attached hydrogens (tertiary/aromatic N) is 6. The van der Waals surface area contributed by atoms with Gasteiger partial charge in [0, 0.05) is 25.7 Å². The molecule has 2 aromatic heterocycles. The monoisotopic (exact) mass is 628 g/mol. The minimum Gasteiger partial charge on any atom is -0.445 e. The van der Waals surface area contributed by atoms with Crippen LogP contribution in [0.3, 0.4) is 0 Å². The number of carbonyl (C=O) groups is 2. The van der Waals surface area contributed by atoms with E-state index in [1.54, 1.807) is 23.0 Å². The molecular weight excluding hydrogens is 588 g/mol. The lowest BCUT2D eigenvalue weighted by Gasteiger charge is -2.37. The third-order valence-electron chi connectivity index (χ3n) is 8.75. The second-order valence-electron chi connectivity index (χ2n) is 13.3. The number of aliphatic hydroxyl groups is 1. The molecule has 3 heterocycles. The van der Waals surface area contributed by atoms with E-state index in [4.69, 9.17) is 9.47 Å². The summed E-state index contributed by atoms with van der Waals surface area (Å²) in [7, 11) is 1.77. The molecule has 6 rings (SSSR count). The van der Waals surface area contributed by atoms with Gasteiger partial charge < -0.3 is 24.4 Å². The molecule has 2 aromatic carbocycles. The maximum absolute atomic E-state index is 13.4. The number of imidazole rings is 1. The Morgan fingerprint density at radius 3 is 2.57 bits per heavy atom. The molecule has 1 N–H and O–H groups in total. The van der Waals surface area contributed by atoms with Crippen LogP contribution < -0.4 is 5.56 Å². The number of fused-ring (bicyclic) bond motifs is 2. The standard InChI is InChI=1S/C34H40N6O6/c1-33(2,3)46-31(42)37(4)27-13-11-24-18-25(10-12-26(24)27)28-19-35-29-30(41)39(22-36-40(28)29)21-34(44)14-16-38(17-15-34)32(43)45-20-23-8-6-5-7-9-23/h5-10,12,18-19,22,27,44H,11,13-17,20-21H2,1-4H3. The van der Waals surface area contributed by atoms with E-state index >= 15 is 0 Å². The van der Waals surface area contributed by atoms with E-state index in [1.807, 2.05) is 63.2 Å². The first-order valence-electron chi connectivity index (χ1n) is 15.6. The van der Waals surface area contributed by atoms with Gasteiger partial charge in [0.05, 0.1) is 30.1 Å². The van der Waals surface area contributed by atoms with Crippen molar-refractivity contribution in [2.45, 2.75) is 76.9 Å². The predicted molar refractivity (Wildman–Crippen MR) is 170 cm³/mol. The van der Waals surface area contributed by atoms with Gasteiger partial charge in [-0.25, -0.2) is 19.1 Å². The lowest BCUT2D eigenvalue weighted by atomic mass is 9.91. The fraction of sp³-hybridized carbons (Fsp3) is 0.441. The van der Waals surface area contributed by atoms with Gasteiger partial charge in [-0.1, -0.05) is 42.5 Å². The van der Waals surface area contributed by atoms with Crippen LogP contribution in [0.4, 0.5) is 9.59 Å². The van der Waals surface area contributed by atoms with Crippen molar-refractivity contribution >= 4 is 17.8 Å². The number of hydrogen-bond donors (Lipinski definition) is 1. The Bertz CT molecular complexity index is 1800. The number of carbonyl (C=O) groups excluding carboxylic acids is 2. The lowest BCUT2D eigenvalue weighted by molar-refractivity contribution is -0.0339. The van der Waals surface area contributed by atoms with E-state index in [0.29, 0.717) is 31.6 Å². The molecule has 1 aliphatic heterocycles. The number of hydrogen-bond acceptors (Lipinski definition) is 8. The minimum atomic E-state index is -1.18. The molecule has 0 radical (unpaired) electrons. The zero-order valence-electron chi connectivity index (χ0n) is 26.7. The van der Waals surface area contributed by atoms with E-state index in [9.17, 15) is 19.5 Å². The average Bonchev–Trinajstić information content (AvgIpc) is 3.65. The van der Waals surface area contributed by atoms with E-state index in [1.165, 1.54) is 15.4 Å². The number of amides is 2. The number of piperidine rings is 1. The number of ether oxygens (including phenoxy) is 2. The van der Waals surface area contributed by atoms with Gasteiger partial charge in [-0.2, -0.15) is 5.10 Å². The second-order valence-corrected chi connectivity index (χ2v) is 13.3. The molecule has 12 heteroatoms. The second kappa shape index (κ2) is 12.2. The summed E-state index contributed by atoms with van der Waals surface area (Å²) in [6.07, 6.45) is 4.47. The first-order chi connectivity index (χ1) is 21.9. The van der Waals surface area contributed by atoms with Crippen LogP contribution in [0.1, 0.15) is 62.8 Å². The summed E-state index contributed by atoms with van der Waals surface area (Å²) >= 11 is 0. The Kier molecular flexibility index (Phi) is 8.32. The SMILES string of the molecule is CN(C(=O)OC(C)(C)C)C1CCc2cc(-c3cnc4c(=O)n(CC5(O)CCN(C(=O)OCc6ccccc6)CC5)cnn34)ccc21.